The highest BCUT2D eigenvalue weighted by molar-refractivity contribution is 6.14. The van der Waals surface area contributed by atoms with Gasteiger partial charge in [0.1, 0.15) is 23.1 Å². The second-order valence-electron chi connectivity index (χ2n) is 9.35. The number of halogens is 1. The van der Waals surface area contributed by atoms with E-state index in [-0.39, 0.29) is 29.9 Å². The number of aromatic nitrogens is 5. The summed E-state index contributed by atoms with van der Waals surface area (Å²) in [5.74, 6) is 1.42. The minimum Gasteiger partial charge on any atom is -0.421 e. The van der Waals surface area contributed by atoms with Crippen molar-refractivity contribution in [3.05, 3.63) is 36.2 Å². The second-order valence-corrected chi connectivity index (χ2v) is 9.35. The number of aliphatic hydroxyl groups is 1. The first kappa shape index (κ1) is 21.9. The summed E-state index contributed by atoms with van der Waals surface area (Å²) in [6, 6.07) is 3.37. The molecule has 182 valence electrons. The second kappa shape index (κ2) is 8.28. The molecule has 0 radical (unpaired) electrons. The summed E-state index contributed by atoms with van der Waals surface area (Å²) in [5, 5.41) is 17.3. The SMILES string of the molecule is CNc1cc(F)cc2c1[nH]c1nc(Oc3cnc(C)nc3)nc(N3C[C@H](NCCO)C4(CC4)C3)c12. The van der Waals surface area contributed by atoms with Crippen molar-refractivity contribution in [3.8, 4) is 11.8 Å². The molecule has 1 atom stereocenters. The Morgan fingerprint density at radius 2 is 2.06 bits per heavy atom. The van der Waals surface area contributed by atoms with Crippen LogP contribution in [0.15, 0.2) is 24.5 Å². The molecule has 6 rings (SSSR count). The van der Waals surface area contributed by atoms with Crippen molar-refractivity contribution in [1.82, 2.24) is 30.2 Å². The number of anilines is 2. The highest BCUT2D eigenvalue weighted by Gasteiger charge is 2.55. The average Bonchev–Trinajstić information content (AvgIpc) is 3.40. The summed E-state index contributed by atoms with van der Waals surface area (Å²) in [6.45, 7) is 3.98. The lowest BCUT2D eigenvalue weighted by Crippen LogP contribution is -2.39. The van der Waals surface area contributed by atoms with E-state index in [0.29, 0.717) is 40.7 Å². The molecule has 0 bridgehead atoms. The lowest BCUT2D eigenvalue weighted by molar-refractivity contribution is 0.275. The molecular weight excluding hydrogens is 451 g/mol. The van der Waals surface area contributed by atoms with Crippen molar-refractivity contribution in [1.29, 1.82) is 0 Å². The molecule has 1 saturated heterocycles. The summed E-state index contributed by atoms with van der Waals surface area (Å²) in [4.78, 5) is 23.4. The van der Waals surface area contributed by atoms with Gasteiger partial charge in [0.15, 0.2) is 5.75 Å². The van der Waals surface area contributed by atoms with Gasteiger partial charge >= 0.3 is 6.01 Å². The number of benzene rings is 1. The van der Waals surface area contributed by atoms with Crippen LogP contribution in [-0.4, -0.2) is 69.4 Å². The largest absolute Gasteiger partial charge is 0.421 e. The highest BCUT2D eigenvalue weighted by Crippen LogP contribution is 2.54. The van der Waals surface area contributed by atoms with E-state index in [9.17, 15) is 9.50 Å². The zero-order valence-corrected chi connectivity index (χ0v) is 19.6. The molecule has 1 saturated carbocycles. The topological polar surface area (TPSA) is 124 Å². The number of aliphatic hydroxyl groups excluding tert-OH is 1. The molecule has 1 aliphatic carbocycles. The van der Waals surface area contributed by atoms with E-state index in [2.05, 4.69) is 35.5 Å². The number of aryl methyl sites for hydroxylation is 1. The van der Waals surface area contributed by atoms with Gasteiger partial charge in [-0.25, -0.2) is 14.4 Å². The van der Waals surface area contributed by atoms with Gasteiger partial charge in [-0.05, 0) is 31.9 Å². The Morgan fingerprint density at radius 3 is 2.77 bits per heavy atom. The monoisotopic (exact) mass is 478 g/mol. The molecule has 3 aromatic heterocycles. The van der Waals surface area contributed by atoms with Crippen molar-refractivity contribution in [2.75, 3.05) is 43.5 Å². The van der Waals surface area contributed by atoms with Crippen LogP contribution in [0.5, 0.6) is 11.8 Å². The molecular formula is C24H27FN8O2. The number of nitrogens with one attached hydrogen (secondary N) is 3. The number of hydrogen-bond acceptors (Lipinski definition) is 9. The van der Waals surface area contributed by atoms with Gasteiger partial charge in [-0.15, -0.1) is 0 Å². The average molecular weight is 479 g/mol. The number of hydrogen-bond donors (Lipinski definition) is 4. The van der Waals surface area contributed by atoms with Gasteiger partial charge in [0.25, 0.3) is 0 Å². The molecule has 35 heavy (non-hydrogen) atoms. The molecule has 4 aromatic rings. The third-order valence-electron chi connectivity index (χ3n) is 7.06. The Balaban J connectivity index is 1.49. The molecule has 10 nitrogen and oxygen atoms in total. The fourth-order valence-electron chi connectivity index (χ4n) is 5.15. The van der Waals surface area contributed by atoms with Gasteiger partial charge < -0.3 is 30.4 Å². The van der Waals surface area contributed by atoms with Crippen LogP contribution in [0.2, 0.25) is 0 Å². The van der Waals surface area contributed by atoms with Gasteiger partial charge in [0, 0.05) is 43.5 Å². The quantitative estimate of drug-likeness (QED) is 0.317. The minimum absolute atomic E-state index is 0.0927. The van der Waals surface area contributed by atoms with Crippen LogP contribution in [0.3, 0.4) is 0 Å². The van der Waals surface area contributed by atoms with Crippen molar-refractivity contribution >= 4 is 33.4 Å². The maximum absolute atomic E-state index is 14.6. The van der Waals surface area contributed by atoms with E-state index in [1.54, 1.807) is 26.4 Å². The maximum atomic E-state index is 14.6. The summed E-state index contributed by atoms with van der Waals surface area (Å²) in [7, 11) is 1.76. The smallest absolute Gasteiger partial charge is 0.326 e. The van der Waals surface area contributed by atoms with E-state index in [1.165, 1.54) is 12.1 Å². The predicted octanol–water partition coefficient (Wildman–Crippen LogP) is 2.73. The third-order valence-corrected chi connectivity index (χ3v) is 7.06. The van der Waals surface area contributed by atoms with Crippen molar-refractivity contribution in [2.45, 2.75) is 25.8 Å². The van der Waals surface area contributed by atoms with Gasteiger partial charge in [-0.3, -0.25) is 0 Å². The molecule has 1 spiro atoms. The Labute approximate surface area is 201 Å². The van der Waals surface area contributed by atoms with Crippen LogP contribution in [0.4, 0.5) is 15.9 Å². The van der Waals surface area contributed by atoms with Crippen molar-refractivity contribution < 1.29 is 14.2 Å². The Kier molecular flexibility index (Phi) is 5.19. The van der Waals surface area contributed by atoms with Crippen LogP contribution in [0, 0.1) is 18.2 Å². The molecule has 4 N–H and O–H groups in total. The molecule has 0 amide bonds. The molecule has 11 heteroatoms. The first-order valence-electron chi connectivity index (χ1n) is 11.8. The Bertz CT molecular complexity index is 1400. The van der Waals surface area contributed by atoms with Crippen molar-refractivity contribution in [2.24, 2.45) is 5.41 Å². The predicted molar refractivity (Wildman–Crippen MR) is 130 cm³/mol. The Hall–Kier alpha value is -3.57. The maximum Gasteiger partial charge on any atom is 0.326 e. The number of aromatic amines is 1. The normalized spacial score (nSPS) is 18.6. The molecule has 1 aromatic carbocycles. The van der Waals surface area contributed by atoms with Gasteiger partial charge in [-0.1, -0.05) is 0 Å². The fraction of sp³-hybridized carbons (Fsp3) is 0.417. The van der Waals surface area contributed by atoms with Crippen LogP contribution in [-0.2, 0) is 0 Å². The first-order chi connectivity index (χ1) is 17.0. The minimum atomic E-state index is -0.339. The molecule has 2 fully saturated rings. The number of fused-ring (bicyclic) bond motifs is 3. The first-order valence-corrected chi connectivity index (χ1v) is 11.8. The molecule has 4 heterocycles. The summed E-state index contributed by atoms with van der Waals surface area (Å²) >= 11 is 0. The molecule has 2 aliphatic rings. The van der Waals surface area contributed by atoms with E-state index in [1.807, 2.05) is 0 Å². The highest BCUT2D eigenvalue weighted by atomic mass is 19.1. The van der Waals surface area contributed by atoms with Crippen LogP contribution in [0.25, 0.3) is 21.9 Å². The van der Waals surface area contributed by atoms with Crippen molar-refractivity contribution in [3.63, 3.8) is 0 Å². The zero-order valence-electron chi connectivity index (χ0n) is 19.6. The third kappa shape index (κ3) is 3.80. The number of ether oxygens (including phenoxy) is 1. The lowest BCUT2D eigenvalue weighted by atomic mass is 10.0. The summed E-state index contributed by atoms with van der Waals surface area (Å²) in [6.07, 6.45) is 5.41. The lowest BCUT2D eigenvalue weighted by Gasteiger charge is -2.19. The van der Waals surface area contributed by atoms with Gasteiger partial charge in [0.05, 0.1) is 35.6 Å². The van der Waals surface area contributed by atoms with E-state index in [4.69, 9.17) is 9.72 Å². The number of nitrogens with zero attached hydrogens (tertiary/aromatic N) is 5. The summed E-state index contributed by atoms with van der Waals surface area (Å²) in [5.41, 5.74) is 2.12. The fourth-order valence-corrected chi connectivity index (χ4v) is 5.15. The van der Waals surface area contributed by atoms with E-state index >= 15 is 0 Å². The van der Waals surface area contributed by atoms with Gasteiger partial charge in [0.2, 0.25) is 0 Å². The standard InChI is InChI=1S/C24H27FN8O2/c1-13-28-9-15(10-29-13)35-23-31-21-19(16-7-14(25)8-17(26-2)20(16)30-21)22(32-23)33-11-18(27-5-6-34)24(12-33)3-4-24/h7-10,18,26-27,34H,3-6,11-12H2,1-2H3,(H,30,31,32)/t18-/m0/s1. The number of H-pyrrole nitrogens is 1. The number of rotatable bonds is 7. The van der Waals surface area contributed by atoms with Gasteiger partial charge in [-0.2, -0.15) is 9.97 Å². The van der Waals surface area contributed by atoms with Crippen LogP contribution >= 0.6 is 0 Å². The van der Waals surface area contributed by atoms with Crippen LogP contribution < -0.4 is 20.3 Å². The van der Waals surface area contributed by atoms with E-state index < -0.39 is 0 Å². The summed E-state index contributed by atoms with van der Waals surface area (Å²) < 4.78 is 20.5. The van der Waals surface area contributed by atoms with Crippen LogP contribution in [0.1, 0.15) is 18.7 Å². The van der Waals surface area contributed by atoms with E-state index in [0.717, 1.165) is 36.8 Å². The Morgan fingerprint density at radius 1 is 1.26 bits per heavy atom. The molecule has 0 unspecified atom stereocenters. The molecule has 1 aliphatic heterocycles. The zero-order chi connectivity index (χ0) is 24.2.